The molecule has 0 saturated carbocycles. The number of aliphatic hydroxyl groups excluding tert-OH is 1. The predicted octanol–water partition coefficient (Wildman–Crippen LogP) is 0.611. The number of aliphatic hydroxyl groups is 1. The second-order valence-electron chi connectivity index (χ2n) is 6.06. The van der Waals surface area contributed by atoms with Gasteiger partial charge >= 0.3 is 14.2 Å². The van der Waals surface area contributed by atoms with E-state index in [-0.39, 0.29) is 12.7 Å². The van der Waals surface area contributed by atoms with Crippen LogP contribution in [0.25, 0.3) is 0 Å². The number of H-pyrrole nitrogens is 1. The number of nitrogens with one attached hydrogen (secondary N) is 2. The molecule has 4 atom stereocenters. The SMILES string of the molecule is O=c1ccn(C2OC(COP3NCc4ccccc4O3)CC2O)c(=O)[nH]1. The molecule has 0 bridgehead atoms. The maximum atomic E-state index is 11.9. The van der Waals surface area contributed by atoms with E-state index in [0.717, 1.165) is 11.3 Å². The van der Waals surface area contributed by atoms with Crippen molar-refractivity contribution in [2.75, 3.05) is 6.61 Å². The third-order valence-electron chi connectivity index (χ3n) is 4.22. The lowest BCUT2D eigenvalue weighted by atomic mass is 10.2. The molecule has 1 aromatic carbocycles. The van der Waals surface area contributed by atoms with Gasteiger partial charge in [0, 0.05) is 30.8 Å². The molecule has 9 nitrogen and oxygen atoms in total. The number of benzene rings is 1. The van der Waals surface area contributed by atoms with Crippen LogP contribution in [0.5, 0.6) is 5.75 Å². The highest BCUT2D eigenvalue weighted by molar-refractivity contribution is 7.45. The number of hydrogen-bond donors (Lipinski definition) is 3. The molecule has 10 heteroatoms. The Morgan fingerprint density at radius 3 is 3.00 bits per heavy atom. The average Bonchev–Trinajstić information content (AvgIpc) is 3.00. The van der Waals surface area contributed by atoms with E-state index in [1.54, 1.807) is 0 Å². The van der Waals surface area contributed by atoms with Gasteiger partial charge in [0.25, 0.3) is 5.56 Å². The van der Waals surface area contributed by atoms with Crippen LogP contribution < -0.4 is 20.9 Å². The van der Waals surface area contributed by atoms with Gasteiger partial charge < -0.3 is 18.9 Å². The van der Waals surface area contributed by atoms with Crippen LogP contribution in [0.4, 0.5) is 0 Å². The lowest BCUT2D eigenvalue weighted by Crippen LogP contribution is -2.35. The van der Waals surface area contributed by atoms with E-state index < -0.39 is 32.1 Å². The summed E-state index contributed by atoms with van der Waals surface area (Å²) in [5, 5.41) is 13.4. The molecule has 4 unspecified atom stereocenters. The van der Waals surface area contributed by atoms with Crippen LogP contribution in [-0.4, -0.2) is 33.5 Å². The topological polar surface area (TPSA) is 115 Å². The predicted molar refractivity (Wildman–Crippen MR) is 92.6 cm³/mol. The first-order valence-electron chi connectivity index (χ1n) is 8.17. The van der Waals surface area contributed by atoms with Gasteiger partial charge in [-0.2, -0.15) is 0 Å². The van der Waals surface area contributed by atoms with Gasteiger partial charge in [0.05, 0.1) is 12.7 Å². The molecule has 3 N–H and O–H groups in total. The summed E-state index contributed by atoms with van der Waals surface area (Å²) in [6.45, 7) is 0.873. The molecule has 0 amide bonds. The minimum atomic E-state index is -1.30. The molecule has 1 fully saturated rings. The van der Waals surface area contributed by atoms with Crippen molar-refractivity contribution in [1.82, 2.24) is 14.6 Å². The molecule has 138 valence electrons. The standard InChI is InChI=1S/C16H18N3O6P/c20-12-7-11(24-15(12)19-6-5-14(21)18-16(19)22)9-23-26-17-8-10-3-1-2-4-13(10)25-26/h1-6,11-12,15,17,20H,7-9H2,(H,18,21,22). The Morgan fingerprint density at radius 2 is 2.15 bits per heavy atom. The number of aromatic nitrogens is 2. The monoisotopic (exact) mass is 379 g/mol. The summed E-state index contributed by atoms with van der Waals surface area (Å²) in [5.41, 5.74) is -0.0523. The van der Waals surface area contributed by atoms with Gasteiger partial charge in [-0.25, -0.2) is 9.88 Å². The van der Waals surface area contributed by atoms with Gasteiger partial charge in [-0.1, -0.05) is 18.2 Å². The van der Waals surface area contributed by atoms with Crippen LogP contribution in [0.2, 0.25) is 0 Å². The first-order valence-corrected chi connectivity index (χ1v) is 9.35. The largest absolute Gasteiger partial charge is 0.436 e. The maximum Gasteiger partial charge on any atom is 0.330 e. The van der Waals surface area contributed by atoms with Crippen molar-refractivity contribution in [1.29, 1.82) is 0 Å². The lowest BCUT2D eigenvalue weighted by molar-refractivity contribution is -0.0502. The highest BCUT2D eigenvalue weighted by Gasteiger charge is 2.36. The van der Waals surface area contributed by atoms with Crippen molar-refractivity contribution in [2.45, 2.75) is 31.4 Å². The zero-order valence-electron chi connectivity index (χ0n) is 13.7. The first-order chi connectivity index (χ1) is 12.6. The zero-order chi connectivity index (χ0) is 18.1. The molecule has 26 heavy (non-hydrogen) atoms. The molecule has 3 heterocycles. The van der Waals surface area contributed by atoms with Crippen molar-refractivity contribution in [2.24, 2.45) is 0 Å². The zero-order valence-corrected chi connectivity index (χ0v) is 14.6. The van der Waals surface area contributed by atoms with Crippen LogP contribution in [-0.2, 0) is 15.8 Å². The highest BCUT2D eigenvalue weighted by Crippen LogP contribution is 2.42. The molecule has 0 aliphatic carbocycles. The third-order valence-corrected chi connectivity index (χ3v) is 5.38. The Morgan fingerprint density at radius 1 is 1.31 bits per heavy atom. The molecule has 2 aromatic rings. The van der Waals surface area contributed by atoms with Crippen molar-refractivity contribution in [3.63, 3.8) is 0 Å². The number of fused-ring (bicyclic) bond motifs is 1. The minimum Gasteiger partial charge on any atom is -0.436 e. The van der Waals surface area contributed by atoms with Crippen molar-refractivity contribution >= 4 is 8.53 Å². The summed E-state index contributed by atoms with van der Waals surface area (Å²) in [7, 11) is -1.30. The molecule has 1 aromatic heterocycles. The van der Waals surface area contributed by atoms with Crippen LogP contribution in [0, 0.1) is 0 Å². The Kier molecular flexibility index (Phi) is 4.88. The van der Waals surface area contributed by atoms with Crippen molar-refractivity contribution in [3.05, 3.63) is 62.9 Å². The number of hydrogen-bond acceptors (Lipinski definition) is 7. The Balaban J connectivity index is 1.36. The van der Waals surface area contributed by atoms with Gasteiger partial charge in [0.15, 0.2) is 6.23 Å². The number of para-hydroxylation sites is 1. The molecule has 4 rings (SSSR count). The Hall–Kier alpha value is -2.03. The van der Waals surface area contributed by atoms with E-state index in [4.69, 9.17) is 13.8 Å². The van der Waals surface area contributed by atoms with Gasteiger partial charge in [-0.3, -0.25) is 14.3 Å². The van der Waals surface area contributed by atoms with Crippen molar-refractivity contribution < 1.29 is 18.9 Å². The number of ether oxygens (including phenoxy) is 1. The Bertz CT molecular complexity index is 900. The summed E-state index contributed by atoms with van der Waals surface area (Å²) >= 11 is 0. The molecule has 2 aliphatic rings. The van der Waals surface area contributed by atoms with Crippen LogP contribution in [0.15, 0.2) is 46.1 Å². The fraction of sp³-hybridized carbons (Fsp3) is 0.375. The number of aromatic amines is 1. The fourth-order valence-electron chi connectivity index (χ4n) is 2.95. The van der Waals surface area contributed by atoms with Gasteiger partial charge in [0.2, 0.25) is 0 Å². The second kappa shape index (κ2) is 7.30. The van der Waals surface area contributed by atoms with Crippen LogP contribution >= 0.6 is 8.53 Å². The molecular formula is C16H18N3O6P. The fourth-order valence-corrected chi connectivity index (χ4v) is 4.11. The first kappa shape index (κ1) is 17.4. The van der Waals surface area contributed by atoms with E-state index in [0.29, 0.717) is 13.0 Å². The molecule has 1 saturated heterocycles. The summed E-state index contributed by atoms with van der Waals surface area (Å²) in [4.78, 5) is 25.2. The smallest absolute Gasteiger partial charge is 0.330 e. The summed E-state index contributed by atoms with van der Waals surface area (Å²) in [6.07, 6.45) is -0.497. The molecule has 2 aliphatic heterocycles. The van der Waals surface area contributed by atoms with E-state index in [1.807, 2.05) is 24.3 Å². The normalized spacial score (nSPS) is 27.7. The van der Waals surface area contributed by atoms with Crippen LogP contribution in [0.1, 0.15) is 18.2 Å². The molecular weight excluding hydrogens is 361 g/mol. The quantitative estimate of drug-likeness (QED) is 0.667. The Labute approximate surface area is 149 Å². The van der Waals surface area contributed by atoms with Gasteiger partial charge in [-0.15, -0.1) is 0 Å². The number of nitrogens with zero attached hydrogens (tertiary/aromatic N) is 1. The van der Waals surface area contributed by atoms with Crippen LogP contribution in [0.3, 0.4) is 0 Å². The number of rotatable bonds is 4. The molecule has 0 radical (unpaired) electrons. The van der Waals surface area contributed by atoms with Gasteiger partial charge in [0.1, 0.15) is 11.9 Å². The third kappa shape index (κ3) is 3.58. The highest BCUT2D eigenvalue weighted by atomic mass is 31.2. The summed E-state index contributed by atoms with van der Waals surface area (Å²) < 4.78 is 18.4. The van der Waals surface area contributed by atoms with Gasteiger partial charge in [-0.05, 0) is 6.07 Å². The lowest BCUT2D eigenvalue weighted by Gasteiger charge is -2.26. The maximum absolute atomic E-state index is 11.9. The minimum absolute atomic E-state index is 0.215. The van der Waals surface area contributed by atoms with E-state index in [2.05, 4.69) is 10.1 Å². The van der Waals surface area contributed by atoms with E-state index in [1.165, 1.54) is 16.8 Å². The van der Waals surface area contributed by atoms with Crippen molar-refractivity contribution in [3.8, 4) is 5.75 Å². The summed E-state index contributed by atoms with van der Waals surface area (Å²) in [5.74, 6) is 0.794. The van der Waals surface area contributed by atoms with E-state index in [9.17, 15) is 14.7 Å². The second-order valence-corrected chi connectivity index (χ2v) is 7.33. The average molecular weight is 379 g/mol. The molecule has 0 spiro atoms. The van der Waals surface area contributed by atoms with E-state index >= 15 is 0 Å². The summed E-state index contributed by atoms with van der Waals surface area (Å²) in [6, 6.07) is 8.94.